The van der Waals surface area contributed by atoms with E-state index in [4.69, 9.17) is 9.15 Å². The van der Waals surface area contributed by atoms with Crippen molar-refractivity contribution in [2.45, 2.75) is 57.4 Å². The molecule has 2 aliphatic carbocycles. The van der Waals surface area contributed by atoms with E-state index >= 15 is 0 Å². The van der Waals surface area contributed by atoms with Gasteiger partial charge in [-0.2, -0.15) is 0 Å². The molecule has 0 atom stereocenters. The van der Waals surface area contributed by atoms with Gasteiger partial charge in [0.05, 0.1) is 5.75 Å². The number of nitrogens with one attached hydrogen (secondary N) is 1. The van der Waals surface area contributed by atoms with E-state index in [1.807, 2.05) is 32.0 Å². The first-order valence-corrected chi connectivity index (χ1v) is 10.5. The van der Waals surface area contributed by atoms with Crippen molar-refractivity contribution in [3.63, 3.8) is 0 Å². The summed E-state index contributed by atoms with van der Waals surface area (Å²) in [4.78, 5) is 12.2. The molecular formula is C20H25N3O3S. The van der Waals surface area contributed by atoms with Crippen molar-refractivity contribution >= 4 is 17.7 Å². The Labute approximate surface area is 163 Å². The third kappa shape index (κ3) is 5.03. The van der Waals surface area contributed by atoms with E-state index in [-0.39, 0.29) is 12.5 Å². The van der Waals surface area contributed by atoms with Crippen LogP contribution in [0.3, 0.4) is 0 Å². The van der Waals surface area contributed by atoms with Gasteiger partial charge in [-0.15, -0.1) is 10.2 Å². The summed E-state index contributed by atoms with van der Waals surface area (Å²) in [5.41, 5.74) is 2.20. The molecule has 1 N–H and O–H groups in total. The number of rotatable bonds is 9. The van der Waals surface area contributed by atoms with Gasteiger partial charge in [0.25, 0.3) is 11.1 Å². The number of ether oxygens (including phenoxy) is 1. The minimum absolute atomic E-state index is 0.0511. The van der Waals surface area contributed by atoms with E-state index in [1.54, 1.807) is 0 Å². The molecule has 0 saturated heterocycles. The maximum absolute atomic E-state index is 12.2. The molecule has 1 aromatic carbocycles. The van der Waals surface area contributed by atoms with Crippen LogP contribution in [0.4, 0.5) is 0 Å². The summed E-state index contributed by atoms with van der Waals surface area (Å²) in [6.07, 6.45) is 5.01. The number of thioether (sulfide) groups is 1. The number of nitrogens with zero attached hydrogens (tertiary/aromatic N) is 2. The van der Waals surface area contributed by atoms with Gasteiger partial charge < -0.3 is 14.5 Å². The first-order chi connectivity index (χ1) is 13.1. The minimum atomic E-state index is 0.0511. The Balaban J connectivity index is 1.24. The van der Waals surface area contributed by atoms with Gasteiger partial charge in [-0.3, -0.25) is 4.79 Å². The van der Waals surface area contributed by atoms with Gasteiger partial charge in [-0.1, -0.05) is 23.9 Å². The van der Waals surface area contributed by atoms with Crippen molar-refractivity contribution in [3.05, 3.63) is 35.2 Å². The minimum Gasteiger partial charge on any atom is -0.484 e. The highest BCUT2D eigenvalue weighted by atomic mass is 32.2. The van der Waals surface area contributed by atoms with Crippen molar-refractivity contribution in [1.82, 2.24) is 15.5 Å². The maximum atomic E-state index is 12.2. The largest absolute Gasteiger partial charge is 0.484 e. The zero-order valence-electron chi connectivity index (χ0n) is 15.7. The van der Waals surface area contributed by atoms with Crippen LogP contribution >= 0.6 is 11.8 Å². The predicted molar refractivity (Wildman–Crippen MR) is 103 cm³/mol. The zero-order valence-corrected chi connectivity index (χ0v) is 16.6. The number of benzene rings is 1. The van der Waals surface area contributed by atoms with Gasteiger partial charge in [0.2, 0.25) is 5.91 Å². The molecule has 0 radical (unpaired) electrons. The molecule has 6 nitrogen and oxygen atoms in total. The number of carbonyl (C=O) groups is 1. The van der Waals surface area contributed by atoms with Crippen LogP contribution in [0.25, 0.3) is 0 Å². The van der Waals surface area contributed by atoms with E-state index in [0.717, 1.165) is 16.9 Å². The van der Waals surface area contributed by atoms with Gasteiger partial charge >= 0.3 is 0 Å². The maximum Gasteiger partial charge on any atom is 0.277 e. The normalized spacial score (nSPS) is 16.6. The fourth-order valence-electron chi connectivity index (χ4n) is 3.24. The first-order valence-electron chi connectivity index (χ1n) is 9.53. The van der Waals surface area contributed by atoms with Gasteiger partial charge in [0.15, 0.2) is 6.61 Å². The number of aromatic nitrogens is 2. The fraction of sp³-hybridized carbons (Fsp3) is 0.550. The molecule has 1 amide bonds. The average Bonchev–Trinajstić information content (AvgIpc) is 3.57. The molecule has 0 unspecified atom stereocenters. The summed E-state index contributed by atoms with van der Waals surface area (Å²) in [6, 6.07) is 6.44. The third-order valence-electron chi connectivity index (χ3n) is 5.06. The highest BCUT2D eigenvalue weighted by Crippen LogP contribution is 2.44. The second-order valence-corrected chi connectivity index (χ2v) is 8.50. The Morgan fingerprint density at radius 2 is 2.00 bits per heavy atom. The van der Waals surface area contributed by atoms with Crippen molar-refractivity contribution in [1.29, 1.82) is 0 Å². The topological polar surface area (TPSA) is 77.2 Å². The Hall–Kier alpha value is -2.02. The van der Waals surface area contributed by atoms with Crippen LogP contribution in [0.2, 0.25) is 0 Å². The van der Waals surface area contributed by atoms with Gasteiger partial charge in [-0.25, -0.2) is 0 Å². The van der Waals surface area contributed by atoms with Crippen molar-refractivity contribution in [3.8, 4) is 5.75 Å². The summed E-state index contributed by atoms with van der Waals surface area (Å²) in [5.74, 6) is 2.97. The van der Waals surface area contributed by atoms with E-state index in [1.165, 1.54) is 37.4 Å². The standard InChI is InChI=1S/C20H25N3O3S/c1-12-3-4-13(2)16(9-12)25-10-18-22-23-20(26-18)27-11-17(24)21-19(14-5-6-14)15-7-8-15/h3-4,9,14-15,19H,5-8,10-11H2,1-2H3,(H,21,24). The summed E-state index contributed by atoms with van der Waals surface area (Å²) in [6.45, 7) is 4.24. The monoisotopic (exact) mass is 387 g/mol. The first kappa shape index (κ1) is 18.3. The van der Waals surface area contributed by atoms with E-state index in [0.29, 0.717) is 34.7 Å². The molecule has 27 heavy (non-hydrogen) atoms. The average molecular weight is 388 g/mol. The van der Waals surface area contributed by atoms with Crippen LogP contribution in [-0.4, -0.2) is 27.9 Å². The Morgan fingerprint density at radius 3 is 2.70 bits per heavy atom. The van der Waals surface area contributed by atoms with Crippen LogP contribution in [-0.2, 0) is 11.4 Å². The summed E-state index contributed by atoms with van der Waals surface area (Å²) >= 11 is 1.27. The molecule has 4 rings (SSSR count). The van der Waals surface area contributed by atoms with Crippen LogP contribution < -0.4 is 10.1 Å². The van der Waals surface area contributed by atoms with Crippen LogP contribution in [0.1, 0.15) is 42.7 Å². The van der Waals surface area contributed by atoms with Crippen LogP contribution in [0.5, 0.6) is 5.75 Å². The van der Waals surface area contributed by atoms with Crippen molar-refractivity contribution < 1.29 is 13.9 Å². The molecule has 7 heteroatoms. The third-order valence-corrected chi connectivity index (χ3v) is 5.88. The molecule has 2 aliphatic rings. The fourth-order valence-corrected chi connectivity index (χ4v) is 3.83. The SMILES string of the molecule is Cc1ccc(C)c(OCc2nnc(SCC(=O)NC(C3CC3)C3CC3)o2)c1. The number of carbonyl (C=O) groups excluding carboxylic acids is 1. The Kier molecular flexibility index (Phi) is 5.38. The molecule has 2 saturated carbocycles. The smallest absolute Gasteiger partial charge is 0.277 e. The quantitative estimate of drug-likeness (QED) is 0.662. The zero-order chi connectivity index (χ0) is 18.8. The number of hydrogen-bond donors (Lipinski definition) is 1. The molecule has 1 aromatic heterocycles. The van der Waals surface area contributed by atoms with Crippen LogP contribution in [0.15, 0.2) is 27.8 Å². The lowest BCUT2D eigenvalue weighted by atomic mass is 10.1. The molecule has 0 bridgehead atoms. The second kappa shape index (κ2) is 7.92. The molecule has 144 valence electrons. The highest BCUT2D eigenvalue weighted by molar-refractivity contribution is 7.99. The van der Waals surface area contributed by atoms with Gasteiger partial charge in [0, 0.05) is 6.04 Å². The Morgan fingerprint density at radius 1 is 1.26 bits per heavy atom. The van der Waals surface area contributed by atoms with Crippen molar-refractivity contribution in [2.24, 2.45) is 11.8 Å². The lowest BCUT2D eigenvalue weighted by Gasteiger charge is -2.17. The van der Waals surface area contributed by atoms with E-state index < -0.39 is 0 Å². The molecular weight excluding hydrogens is 362 g/mol. The predicted octanol–water partition coefficient (Wildman–Crippen LogP) is 3.66. The molecule has 0 spiro atoms. The molecule has 2 aromatic rings. The van der Waals surface area contributed by atoms with E-state index in [9.17, 15) is 4.79 Å². The lowest BCUT2D eigenvalue weighted by Crippen LogP contribution is -2.39. The summed E-state index contributed by atoms with van der Waals surface area (Å²) in [7, 11) is 0. The molecule has 1 heterocycles. The second-order valence-electron chi connectivity index (χ2n) is 7.58. The number of hydrogen-bond acceptors (Lipinski definition) is 6. The molecule has 2 fully saturated rings. The highest BCUT2D eigenvalue weighted by Gasteiger charge is 2.42. The van der Waals surface area contributed by atoms with Gasteiger partial charge in [0.1, 0.15) is 5.75 Å². The number of amides is 1. The van der Waals surface area contributed by atoms with Gasteiger partial charge in [-0.05, 0) is 68.6 Å². The number of aryl methyl sites for hydroxylation is 2. The lowest BCUT2D eigenvalue weighted by molar-refractivity contribution is -0.119. The summed E-state index contributed by atoms with van der Waals surface area (Å²) < 4.78 is 11.4. The summed E-state index contributed by atoms with van der Waals surface area (Å²) in [5, 5.41) is 11.6. The molecule has 0 aliphatic heterocycles. The van der Waals surface area contributed by atoms with Crippen molar-refractivity contribution in [2.75, 3.05) is 5.75 Å². The van der Waals surface area contributed by atoms with E-state index in [2.05, 4.69) is 15.5 Å². The van der Waals surface area contributed by atoms with Crippen LogP contribution in [0, 0.1) is 25.7 Å². The Bertz CT molecular complexity index is 803.